The van der Waals surface area contributed by atoms with Crippen LogP contribution in [0.25, 0.3) is 0 Å². The molecule has 5 nitrogen and oxygen atoms in total. The molecule has 0 radical (unpaired) electrons. The van der Waals surface area contributed by atoms with Crippen LogP contribution in [0.1, 0.15) is 25.8 Å². The van der Waals surface area contributed by atoms with E-state index in [0.717, 1.165) is 30.1 Å². The zero-order chi connectivity index (χ0) is 15.8. The summed E-state index contributed by atoms with van der Waals surface area (Å²) in [6.07, 6.45) is 2.89. The number of ether oxygens (including phenoxy) is 1. The lowest BCUT2D eigenvalue weighted by Crippen LogP contribution is -2.09. The summed E-state index contributed by atoms with van der Waals surface area (Å²) < 4.78 is 5.15. The van der Waals surface area contributed by atoms with E-state index in [9.17, 15) is 0 Å². The molecule has 1 heterocycles. The van der Waals surface area contributed by atoms with Gasteiger partial charge in [-0.25, -0.2) is 4.98 Å². The summed E-state index contributed by atoms with van der Waals surface area (Å²) in [6, 6.07) is 9.83. The van der Waals surface area contributed by atoms with E-state index >= 15 is 0 Å². The first-order chi connectivity index (χ1) is 10.7. The molecule has 0 saturated carbocycles. The Hall–Kier alpha value is -2.30. The number of rotatable bonds is 8. The third kappa shape index (κ3) is 5.24. The van der Waals surface area contributed by atoms with Gasteiger partial charge in [-0.05, 0) is 36.1 Å². The van der Waals surface area contributed by atoms with Gasteiger partial charge in [0.25, 0.3) is 0 Å². The van der Waals surface area contributed by atoms with Crippen LogP contribution in [0.2, 0.25) is 0 Å². The highest BCUT2D eigenvalue weighted by atomic mass is 16.5. The van der Waals surface area contributed by atoms with Gasteiger partial charge in [0.05, 0.1) is 7.11 Å². The van der Waals surface area contributed by atoms with E-state index in [4.69, 9.17) is 4.74 Å². The Morgan fingerprint density at radius 1 is 1.09 bits per heavy atom. The standard InChI is InChI=1S/C17H24N4O/c1-13(2)8-10-18-16-9-11-19-17(21-16)20-12-14-4-6-15(22-3)7-5-14/h4-7,9,11,13H,8,10,12H2,1-3H3,(H2,18,19,20,21). The molecule has 0 aliphatic heterocycles. The van der Waals surface area contributed by atoms with Gasteiger partial charge in [-0.1, -0.05) is 26.0 Å². The second-order valence-electron chi connectivity index (χ2n) is 5.58. The number of nitrogens with zero attached hydrogens (tertiary/aromatic N) is 2. The molecule has 2 rings (SSSR count). The fourth-order valence-corrected chi connectivity index (χ4v) is 1.96. The van der Waals surface area contributed by atoms with E-state index in [2.05, 4.69) is 34.4 Å². The Kier molecular flexibility index (Phi) is 6.01. The van der Waals surface area contributed by atoms with Gasteiger partial charge in [-0.15, -0.1) is 0 Å². The third-order valence-electron chi connectivity index (χ3n) is 3.29. The van der Waals surface area contributed by atoms with Crippen LogP contribution in [0.4, 0.5) is 11.8 Å². The molecular formula is C17H24N4O. The lowest BCUT2D eigenvalue weighted by atomic mass is 10.1. The maximum atomic E-state index is 5.15. The molecule has 2 N–H and O–H groups in total. The molecule has 2 aromatic rings. The summed E-state index contributed by atoms with van der Waals surface area (Å²) in [5.74, 6) is 3.02. The first-order valence-corrected chi connectivity index (χ1v) is 7.61. The topological polar surface area (TPSA) is 59.1 Å². The van der Waals surface area contributed by atoms with Crippen LogP contribution in [-0.2, 0) is 6.54 Å². The molecule has 0 amide bonds. The summed E-state index contributed by atoms with van der Waals surface area (Å²) >= 11 is 0. The van der Waals surface area contributed by atoms with Crippen LogP contribution in [-0.4, -0.2) is 23.6 Å². The number of benzene rings is 1. The quantitative estimate of drug-likeness (QED) is 0.780. The summed E-state index contributed by atoms with van der Waals surface area (Å²) in [6.45, 7) is 6.03. The second kappa shape index (κ2) is 8.22. The molecule has 0 bridgehead atoms. The third-order valence-corrected chi connectivity index (χ3v) is 3.29. The molecule has 0 atom stereocenters. The van der Waals surface area contributed by atoms with E-state index in [-0.39, 0.29) is 0 Å². The molecule has 5 heteroatoms. The van der Waals surface area contributed by atoms with Crippen molar-refractivity contribution in [2.24, 2.45) is 5.92 Å². The Balaban J connectivity index is 1.86. The summed E-state index contributed by atoms with van der Waals surface area (Å²) in [5.41, 5.74) is 1.16. The molecule has 0 spiro atoms. The number of nitrogens with one attached hydrogen (secondary N) is 2. The molecular weight excluding hydrogens is 276 g/mol. The van der Waals surface area contributed by atoms with Crippen LogP contribution in [0.15, 0.2) is 36.5 Å². The van der Waals surface area contributed by atoms with Crippen LogP contribution >= 0.6 is 0 Å². The predicted molar refractivity (Wildman–Crippen MR) is 90.3 cm³/mol. The van der Waals surface area contributed by atoms with Crippen molar-refractivity contribution in [2.45, 2.75) is 26.8 Å². The number of aromatic nitrogens is 2. The molecule has 118 valence electrons. The number of anilines is 2. The van der Waals surface area contributed by atoms with Gasteiger partial charge < -0.3 is 15.4 Å². The average Bonchev–Trinajstić information content (AvgIpc) is 2.53. The number of methoxy groups -OCH3 is 1. The number of hydrogen-bond acceptors (Lipinski definition) is 5. The van der Waals surface area contributed by atoms with E-state index in [1.165, 1.54) is 0 Å². The molecule has 0 saturated heterocycles. The maximum Gasteiger partial charge on any atom is 0.224 e. The highest BCUT2D eigenvalue weighted by Crippen LogP contribution is 2.13. The Morgan fingerprint density at radius 3 is 2.55 bits per heavy atom. The molecule has 0 unspecified atom stereocenters. The highest BCUT2D eigenvalue weighted by Gasteiger charge is 2.00. The van der Waals surface area contributed by atoms with Gasteiger partial charge >= 0.3 is 0 Å². The lowest BCUT2D eigenvalue weighted by molar-refractivity contribution is 0.414. The van der Waals surface area contributed by atoms with Crippen molar-refractivity contribution in [3.8, 4) is 5.75 Å². The minimum Gasteiger partial charge on any atom is -0.497 e. The Morgan fingerprint density at radius 2 is 1.86 bits per heavy atom. The van der Waals surface area contributed by atoms with Gasteiger partial charge in [-0.2, -0.15) is 4.98 Å². The summed E-state index contributed by atoms with van der Waals surface area (Å²) in [4.78, 5) is 8.70. The largest absolute Gasteiger partial charge is 0.497 e. The van der Waals surface area contributed by atoms with Crippen LogP contribution < -0.4 is 15.4 Å². The molecule has 0 aliphatic carbocycles. The average molecular weight is 300 g/mol. The van der Waals surface area contributed by atoms with Crippen molar-refractivity contribution in [3.05, 3.63) is 42.1 Å². The molecule has 1 aromatic carbocycles. The van der Waals surface area contributed by atoms with Crippen molar-refractivity contribution in [1.82, 2.24) is 9.97 Å². The Labute approximate surface area is 132 Å². The van der Waals surface area contributed by atoms with E-state index in [0.29, 0.717) is 18.4 Å². The van der Waals surface area contributed by atoms with E-state index < -0.39 is 0 Å². The summed E-state index contributed by atoms with van der Waals surface area (Å²) in [5, 5.41) is 6.56. The van der Waals surface area contributed by atoms with Crippen molar-refractivity contribution in [1.29, 1.82) is 0 Å². The number of hydrogen-bond donors (Lipinski definition) is 2. The van der Waals surface area contributed by atoms with Crippen LogP contribution in [0.5, 0.6) is 5.75 Å². The SMILES string of the molecule is COc1ccc(CNc2nccc(NCCC(C)C)n2)cc1. The van der Waals surface area contributed by atoms with Crippen molar-refractivity contribution >= 4 is 11.8 Å². The predicted octanol–water partition coefficient (Wildman–Crippen LogP) is 3.56. The minimum atomic E-state index is 0.630. The first-order valence-electron chi connectivity index (χ1n) is 7.61. The van der Waals surface area contributed by atoms with Gasteiger partial charge in [0.15, 0.2) is 0 Å². The van der Waals surface area contributed by atoms with Gasteiger partial charge in [-0.3, -0.25) is 0 Å². The normalized spacial score (nSPS) is 10.5. The zero-order valence-corrected chi connectivity index (χ0v) is 13.5. The fourth-order valence-electron chi connectivity index (χ4n) is 1.96. The monoisotopic (exact) mass is 300 g/mol. The van der Waals surface area contributed by atoms with Gasteiger partial charge in [0, 0.05) is 19.3 Å². The highest BCUT2D eigenvalue weighted by molar-refractivity contribution is 5.40. The second-order valence-corrected chi connectivity index (χ2v) is 5.58. The summed E-state index contributed by atoms with van der Waals surface area (Å²) in [7, 11) is 1.67. The lowest BCUT2D eigenvalue weighted by Gasteiger charge is -2.09. The van der Waals surface area contributed by atoms with E-state index in [1.807, 2.05) is 30.3 Å². The molecule has 0 fully saturated rings. The van der Waals surface area contributed by atoms with Crippen LogP contribution in [0, 0.1) is 5.92 Å². The van der Waals surface area contributed by atoms with Gasteiger partial charge in [0.2, 0.25) is 5.95 Å². The van der Waals surface area contributed by atoms with Crippen molar-refractivity contribution < 1.29 is 4.74 Å². The first kappa shape index (κ1) is 16.1. The molecule has 22 heavy (non-hydrogen) atoms. The fraction of sp³-hybridized carbons (Fsp3) is 0.412. The van der Waals surface area contributed by atoms with Crippen molar-refractivity contribution in [3.63, 3.8) is 0 Å². The van der Waals surface area contributed by atoms with E-state index in [1.54, 1.807) is 13.3 Å². The maximum absolute atomic E-state index is 5.15. The van der Waals surface area contributed by atoms with Gasteiger partial charge in [0.1, 0.15) is 11.6 Å². The smallest absolute Gasteiger partial charge is 0.224 e. The molecule has 1 aromatic heterocycles. The Bertz CT molecular complexity index is 569. The van der Waals surface area contributed by atoms with Crippen LogP contribution in [0.3, 0.4) is 0 Å². The molecule has 0 aliphatic rings. The minimum absolute atomic E-state index is 0.630. The zero-order valence-electron chi connectivity index (χ0n) is 13.5. The van der Waals surface area contributed by atoms with Crippen molar-refractivity contribution in [2.75, 3.05) is 24.3 Å².